The molecule has 0 radical (unpaired) electrons. The van der Waals surface area contributed by atoms with Gasteiger partial charge in [-0.3, -0.25) is 9.59 Å². The number of benzene rings is 1. The summed E-state index contributed by atoms with van der Waals surface area (Å²) in [7, 11) is 0. The quantitative estimate of drug-likeness (QED) is 0.581. The van der Waals surface area contributed by atoms with Crippen LogP contribution in [0.3, 0.4) is 0 Å². The molecule has 0 aromatic heterocycles. The maximum Gasteiger partial charge on any atom is 0.416 e. The van der Waals surface area contributed by atoms with E-state index in [0.29, 0.717) is 12.0 Å². The Morgan fingerprint density at radius 2 is 1.54 bits per heavy atom. The molecule has 1 aromatic carbocycles. The second-order valence-corrected chi connectivity index (χ2v) is 6.89. The zero-order chi connectivity index (χ0) is 19.8. The van der Waals surface area contributed by atoms with Gasteiger partial charge in [-0.05, 0) is 29.5 Å². The van der Waals surface area contributed by atoms with Crippen LogP contribution in [0.15, 0.2) is 24.3 Å². The summed E-state index contributed by atoms with van der Waals surface area (Å²) in [6.07, 6.45) is -3.70. The number of rotatable bonds is 9. The van der Waals surface area contributed by atoms with Crippen molar-refractivity contribution >= 4 is 11.8 Å². The minimum absolute atomic E-state index is 0.0961. The molecule has 146 valence electrons. The highest BCUT2D eigenvalue weighted by Gasteiger charge is 2.29. The molecule has 3 N–H and O–H groups in total. The zero-order valence-electron chi connectivity index (χ0n) is 14.9. The molecule has 0 saturated carbocycles. The lowest BCUT2D eigenvalue weighted by Crippen LogP contribution is -2.36. The fraction of sp³-hybridized carbons (Fsp3) is 0.556. The van der Waals surface area contributed by atoms with Gasteiger partial charge in [0.25, 0.3) is 0 Å². The van der Waals surface area contributed by atoms with Gasteiger partial charge in [0.15, 0.2) is 0 Å². The molecule has 1 aromatic rings. The van der Waals surface area contributed by atoms with Crippen molar-refractivity contribution < 1.29 is 27.9 Å². The van der Waals surface area contributed by atoms with Crippen LogP contribution in [0, 0.1) is 5.41 Å². The lowest BCUT2D eigenvalue weighted by molar-refractivity contribution is -0.137. The molecule has 1 rings (SSSR count). The molecule has 0 aliphatic carbocycles. The van der Waals surface area contributed by atoms with Crippen molar-refractivity contribution in [2.24, 2.45) is 5.41 Å². The molecule has 26 heavy (non-hydrogen) atoms. The minimum atomic E-state index is -4.37. The van der Waals surface area contributed by atoms with Crippen molar-refractivity contribution in [2.75, 3.05) is 19.7 Å². The topological polar surface area (TPSA) is 78.4 Å². The average molecular weight is 374 g/mol. The molecule has 0 spiro atoms. The number of hydrogen-bond donors (Lipinski definition) is 3. The van der Waals surface area contributed by atoms with Gasteiger partial charge < -0.3 is 15.7 Å². The third-order valence-corrected chi connectivity index (χ3v) is 3.76. The SMILES string of the molecule is CC(C)(CO)CC(=O)NCCNC(=O)CCc1ccc(C(F)(F)F)cc1. The van der Waals surface area contributed by atoms with Gasteiger partial charge in [0, 0.05) is 32.5 Å². The van der Waals surface area contributed by atoms with E-state index in [2.05, 4.69) is 10.6 Å². The van der Waals surface area contributed by atoms with E-state index in [9.17, 15) is 22.8 Å². The van der Waals surface area contributed by atoms with Crippen LogP contribution in [0.2, 0.25) is 0 Å². The van der Waals surface area contributed by atoms with Crippen LogP contribution in [0.1, 0.15) is 37.8 Å². The summed E-state index contributed by atoms with van der Waals surface area (Å²) in [4.78, 5) is 23.4. The van der Waals surface area contributed by atoms with Gasteiger partial charge in [-0.15, -0.1) is 0 Å². The van der Waals surface area contributed by atoms with Crippen LogP contribution in [-0.4, -0.2) is 36.6 Å². The number of halogens is 3. The summed E-state index contributed by atoms with van der Waals surface area (Å²) in [5, 5.41) is 14.4. The summed E-state index contributed by atoms with van der Waals surface area (Å²) in [6, 6.07) is 4.71. The molecule has 0 bridgehead atoms. The van der Waals surface area contributed by atoms with Crippen LogP contribution in [-0.2, 0) is 22.2 Å². The smallest absolute Gasteiger partial charge is 0.396 e. The van der Waals surface area contributed by atoms with Crippen LogP contribution in [0.5, 0.6) is 0 Å². The van der Waals surface area contributed by atoms with Crippen molar-refractivity contribution in [1.29, 1.82) is 0 Å². The van der Waals surface area contributed by atoms with E-state index in [-0.39, 0.29) is 44.4 Å². The van der Waals surface area contributed by atoms with Crippen molar-refractivity contribution in [1.82, 2.24) is 10.6 Å². The first kappa shape index (κ1) is 22.0. The fourth-order valence-electron chi connectivity index (χ4n) is 2.16. The summed E-state index contributed by atoms with van der Waals surface area (Å²) >= 11 is 0. The van der Waals surface area contributed by atoms with Crippen molar-refractivity contribution in [3.63, 3.8) is 0 Å². The molecule has 2 amide bonds. The number of nitrogens with one attached hydrogen (secondary N) is 2. The zero-order valence-corrected chi connectivity index (χ0v) is 14.9. The predicted octanol–water partition coefficient (Wildman–Crippen LogP) is 2.28. The molecule has 0 atom stereocenters. The van der Waals surface area contributed by atoms with E-state index in [4.69, 9.17) is 5.11 Å². The standard InChI is InChI=1S/C18H25F3N2O3/c1-17(2,12-24)11-16(26)23-10-9-22-15(25)8-5-13-3-6-14(7-4-13)18(19,20)21/h3-4,6-7,24H,5,8-12H2,1-2H3,(H,22,25)(H,23,26). The molecule has 0 aliphatic rings. The molecule has 8 heteroatoms. The van der Waals surface area contributed by atoms with Crippen LogP contribution < -0.4 is 10.6 Å². The molecular formula is C18H25F3N2O3. The molecule has 0 saturated heterocycles. The molecule has 0 heterocycles. The Kier molecular flexibility index (Phi) is 8.08. The largest absolute Gasteiger partial charge is 0.416 e. The number of hydrogen-bond acceptors (Lipinski definition) is 3. The molecule has 0 fully saturated rings. The summed E-state index contributed by atoms with van der Waals surface area (Å²) in [6.45, 7) is 3.98. The average Bonchev–Trinajstić information content (AvgIpc) is 2.56. The number of amides is 2. The maximum atomic E-state index is 12.5. The second kappa shape index (κ2) is 9.56. The van der Waals surface area contributed by atoms with E-state index in [1.165, 1.54) is 12.1 Å². The first-order chi connectivity index (χ1) is 12.0. The Bertz CT molecular complexity index is 599. The molecule has 0 aliphatic heterocycles. The molecule has 0 unspecified atom stereocenters. The first-order valence-electron chi connectivity index (χ1n) is 8.34. The Balaban J connectivity index is 2.24. The van der Waals surface area contributed by atoms with Crippen LogP contribution in [0.4, 0.5) is 13.2 Å². The van der Waals surface area contributed by atoms with Gasteiger partial charge in [0.1, 0.15) is 0 Å². The summed E-state index contributed by atoms with van der Waals surface area (Å²) in [5.41, 5.74) is -0.562. The minimum Gasteiger partial charge on any atom is -0.396 e. The third kappa shape index (κ3) is 8.33. The van der Waals surface area contributed by atoms with E-state index in [0.717, 1.165) is 12.1 Å². The summed E-state index contributed by atoms with van der Waals surface area (Å²) in [5.74, 6) is -0.446. The predicted molar refractivity (Wildman–Crippen MR) is 91.3 cm³/mol. The highest BCUT2D eigenvalue weighted by molar-refractivity contribution is 5.77. The van der Waals surface area contributed by atoms with Gasteiger partial charge in [-0.2, -0.15) is 13.2 Å². The number of aliphatic hydroxyl groups is 1. The number of aliphatic hydroxyl groups excluding tert-OH is 1. The number of aryl methyl sites for hydroxylation is 1. The number of carbonyl (C=O) groups is 2. The monoisotopic (exact) mass is 374 g/mol. The highest BCUT2D eigenvalue weighted by atomic mass is 19.4. The Morgan fingerprint density at radius 3 is 2.04 bits per heavy atom. The number of alkyl halides is 3. The van der Waals surface area contributed by atoms with Gasteiger partial charge in [0.05, 0.1) is 5.56 Å². The van der Waals surface area contributed by atoms with Gasteiger partial charge >= 0.3 is 6.18 Å². The summed E-state index contributed by atoms with van der Waals surface area (Å²) < 4.78 is 37.4. The lowest BCUT2D eigenvalue weighted by Gasteiger charge is -2.20. The van der Waals surface area contributed by atoms with Crippen molar-refractivity contribution in [3.05, 3.63) is 35.4 Å². The Morgan fingerprint density at radius 1 is 1.00 bits per heavy atom. The molecular weight excluding hydrogens is 349 g/mol. The normalized spacial score (nSPS) is 11.9. The van der Waals surface area contributed by atoms with Crippen molar-refractivity contribution in [2.45, 2.75) is 39.3 Å². The van der Waals surface area contributed by atoms with E-state index < -0.39 is 17.2 Å². The van der Waals surface area contributed by atoms with E-state index in [1.54, 1.807) is 13.8 Å². The molecule has 5 nitrogen and oxygen atoms in total. The third-order valence-electron chi connectivity index (χ3n) is 3.76. The lowest BCUT2D eigenvalue weighted by atomic mass is 9.90. The van der Waals surface area contributed by atoms with E-state index >= 15 is 0 Å². The van der Waals surface area contributed by atoms with Gasteiger partial charge in [-0.25, -0.2) is 0 Å². The second-order valence-electron chi connectivity index (χ2n) is 6.89. The van der Waals surface area contributed by atoms with Crippen molar-refractivity contribution in [3.8, 4) is 0 Å². The van der Waals surface area contributed by atoms with E-state index in [1.807, 2.05) is 0 Å². The fourth-order valence-corrected chi connectivity index (χ4v) is 2.16. The van der Waals surface area contributed by atoms with Gasteiger partial charge in [-0.1, -0.05) is 26.0 Å². The first-order valence-corrected chi connectivity index (χ1v) is 8.34. The van der Waals surface area contributed by atoms with Crippen LogP contribution >= 0.6 is 0 Å². The Labute approximate surface area is 151 Å². The van der Waals surface area contributed by atoms with Crippen LogP contribution in [0.25, 0.3) is 0 Å². The maximum absolute atomic E-state index is 12.5. The highest BCUT2D eigenvalue weighted by Crippen LogP contribution is 2.29. The number of carbonyl (C=O) groups excluding carboxylic acids is 2. The van der Waals surface area contributed by atoms with Gasteiger partial charge in [0.2, 0.25) is 11.8 Å². The Hall–Kier alpha value is -2.09.